The maximum Gasteiger partial charge on any atom is 0.404 e. The Morgan fingerprint density at radius 3 is 2.76 bits per heavy atom. The highest BCUT2D eigenvalue weighted by atomic mass is 35.5. The third-order valence-corrected chi connectivity index (χ3v) is 5.47. The standard InChI is InChI=1S/C16H20ClN5O3/c1-9-14(21-13(17)11(7-18)19-9)22-5-3-16(4-6-22)8-25-10(2)12(16)20-15(23)24/h10,12,20H,3-6,8H2,1-2H3,(H,23,24)/t10-,12+/m0/s1. The molecule has 3 rings (SSSR count). The first-order valence-electron chi connectivity index (χ1n) is 8.16. The lowest BCUT2D eigenvalue weighted by atomic mass is 9.73. The van der Waals surface area contributed by atoms with Gasteiger partial charge < -0.3 is 20.1 Å². The molecule has 1 aromatic rings. The summed E-state index contributed by atoms with van der Waals surface area (Å²) in [6.07, 6.45) is 0.389. The average molecular weight is 366 g/mol. The Balaban J connectivity index is 1.77. The van der Waals surface area contributed by atoms with Gasteiger partial charge in [-0.1, -0.05) is 11.6 Å². The fraction of sp³-hybridized carbons (Fsp3) is 0.625. The zero-order chi connectivity index (χ0) is 18.2. The molecule has 2 saturated heterocycles. The number of aromatic nitrogens is 2. The number of piperidine rings is 1. The van der Waals surface area contributed by atoms with Gasteiger partial charge >= 0.3 is 6.09 Å². The molecule has 1 aromatic heterocycles. The molecule has 0 aromatic carbocycles. The van der Waals surface area contributed by atoms with E-state index < -0.39 is 6.09 Å². The Morgan fingerprint density at radius 1 is 1.48 bits per heavy atom. The second-order valence-corrected chi connectivity index (χ2v) is 7.03. The monoisotopic (exact) mass is 365 g/mol. The van der Waals surface area contributed by atoms with Crippen molar-refractivity contribution in [2.45, 2.75) is 38.8 Å². The fourth-order valence-electron chi connectivity index (χ4n) is 3.87. The number of hydrogen-bond acceptors (Lipinski definition) is 6. The lowest BCUT2D eigenvalue weighted by molar-refractivity contribution is 0.0970. The first kappa shape index (κ1) is 17.7. The zero-order valence-corrected chi connectivity index (χ0v) is 14.9. The SMILES string of the molecule is Cc1nc(C#N)c(Cl)nc1N1CCC2(CC1)CO[C@@H](C)[C@H]2NC(=O)O. The van der Waals surface area contributed by atoms with E-state index in [2.05, 4.69) is 20.2 Å². The summed E-state index contributed by atoms with van der Waals surface area (Å²) in [6.45, 7) is 5.65. The van der Waals surface area contributed by atoms with E-state index >= 15 is 0 Å². The largest absolute Gasteiger partial charge is 0.465 e. The molecule has 9 heteroatoms. The molecule has 8 nitrogen and oxygen atoms in total. The number of carbonyl (C=O) groups is 1. The van der Waals surface area contributed by atoms with Crippen LogP contribution in [0.3, 0.4) is 0 Å². The van der Waals surface area contributed by atoms with Gasteiger partial charge in [0.2, 0.25) is 0 Å². The molecule has 3 heterocycles. The minimum absolute atomic E-state index is 0.103. The number of nitriles is 1. The number of amides is 1. The number of ether oxygens (including phenoxy) is 1. The number of rotatable bonds is 2. The van der Waals surface area contributed by atoms with E-state index in [9.17, 15) is 4.79 Å². The number of hydrogen-bond donors (Lipinski definition) is 2. The number of halogens is 1. The maximum atomic E-state index is 11.1. The van der Waals surface area contributed by atoms with Gasteiger partial charge in [0.05, 0.1) is 24.4 Å². The van der Waals surface area contributed by atoms with Crippen molar-refractivity contribution < 1.29 is 14.6 Å². The first-order valence-corrected chi connectivity index (χ1v) is 8.54. The van der Waals surface area contributed by atoms with Gasteiger partial charge in [-0.25, -0.2) is 14.8 Å². The lowest BCUT2D eigenvalue weighted by Crippen LogP contribution is -2.54. The number of anilines is 1. The average Bonchev–Trinajstić information content (AvgIpc) is 2.87. The molecule has 1 amide bonds. The van der Waals surface area contributed by atoms with E-state index in [-0.39, 0.29) is 28.4 Å². The van der Waals surface area contributed by atoms with Crippen molar-refractivity contribution in [3.05, 3.63) is 16.5 Å². The summed E-state index contributed by atoms with van der Waals surface area (Å²) >= 11 is 6.02. The van der Waals surface area contributed by atoms with Gasteiger partial charge in [-0.05, 0) is 26.7 Å². The van der Waals surface area contributed by atoms with Gasteiger partial charge in [0, 0.05) is 18.5 Å². The molecule has 2 fully saturated rings. The van der Waals surface area contributed by atoms with E-state index in [1.165, 1.54) is 0 Å². The van der Waals surface area contributed by atoms with Crippen molar-refractivity contribution >= 4 is 23.5 Å². The van der Waals surface area contributed by atoms with Crippen LogP contribution in [0.25, 0.3) is 0 Å². The Labute approximate surface area is 150 Å². The molecule has 2 atom stereocenters. The molecule has 134 valence electrons. The zero-order valence-electron chi connectivity index (χ0n) is 14.1. The van der Waals surface area contributed by atoms with Crippen LogP contribution in [0.5, 0.6) is 0 Å². The van der Waals surface area contributed by atoms with Crippen LogP contribution in [0.4, 0.5) is 10.6 Å². The smallest absolute Gasteiger partial charge is 0.404 e. The van der Waals surface area contributed by atoms with Gasteiger partial charge in [0.1, 0.15) is 6.07 Å². The summed E-state index contributed by atoms with van der Waals surface area (Å²) in [6, 6.07) is 1.71. The predicted molar refractivity (Wildman–Crippen MR) is 90.7 cm³/mol. The van der Waals surface area contributed by atoms with Crippen LogP contribution in [-0.4, -0.2) is 53.0 Å². The quantitative estimate of drug-likeness (QED) is 0.823. The lowest BCUT2D eigenvalue weighted by Gasteiger charge is -2.42. The topological polar surface area (TPSA) is 111 Å². The Morgan fingerprint density at radius 2 is 2.16 bits per heavy atom. The second kappa shape index (κ2) is 6.65. The summed E-state index contributed by atoms with van der Waals surface area (Å²) < 4.78 is 5.74. The van der Waals surface area contributed by atoms with Crippen molar-refractivity contribution in [2.75, 3.05) is 24.6 Å². The highest BCUT2D eigenvalue weighted by molar-refractivity contribution is 6.30. The summed E-state index contributed by atoms with van der Waals surface area (Å²) in [5, 5.41) is 20.8. The van der Waals surface area contributed by atoms with Crippen LogP contribution in [0.2, 0.25) is 5.15 Å². The Kier molecular flexibility index (Phi) is 4.71. The summed E-state index contributed by atoms with van der Waals surface area (Å²) in [7, 11) is 0. The molecule has 25 heavy (non-hydrogen) atoms. The molecule has 0 radical (unpaired) electrons. The van der Waals surface area contributed by atoms with Crippen LogP contribution in [0.15, 0.2) is 0 Å². The van der Waals surface area contributed by atoms with Gasteiger partial charge in [-0.15, -0.1) is 0 Å². The predicted octanol–water partition coefficient (Wildman–Crippen LogP) is 1.95. The van der Waals surface area contributed by atoms with Crippen LogP contribution < -0.4 is 10.2 Å². The number of carboxylic acid groups (broad SMARTS) is 1. The minimum atomic E-state index is -1.02. The summed E-state index contributed by atoms with van der Waals surface area (Å²) in [5.41, 5.74) is 0.583. The molecule has 2 aliphatic rings. The van der Waals surface area contributed by atoms with Crippen molar-refractivity contribution in [3.63, 3.8) is 0 Å². The second-order valence-electron chi connectivity index (χ2n) is 6.68. The van der Waals surface area contributed by atoms with Gasteiger partial charge in [0.15, 0.2) is 16.7 Å². The first-order chi connectivity index (χ1) is 11.9. The highest BCUT2D eigenvalue weighted by Gasteiger charge is 2.50. The molecular weight excluding hydrogens is 346 g/mol. The molecule has 0 aliphatic carbocycles. The van der Waals surface area contributed by atoms with Crippen LogP contribution >= 0.6 is 11.6 Å². The number of nitrogens with one attached hydrogen (secondary N) is 1. The summed E-state index contributed by atoms with van der Waals surface area (Å²) in [4.78, 5) is 21.7. The summed E-state index contributed by atoms with van der Waals surface area (Å²) in [5.74, 6) is 0.675. The van der Waals surface area contributed by atoms with Gasteiger partial charge in [-0.2, -0.15) is 5.26 Å². The molecule has 2 N–H and O–H groups in total. The number of aryl methyl sites for hydroxylation is 1. The van der Waals surface area contributed by atoms with Crippen LogP contribution in [-0.2, 0) is 4.74 Å². The molecule has 0 saturated carbocycles. The molecule has 0 unspecified atom stereocenters. The molecule has 2 aliphatic heterocycles. The van der Waals surface area contributed by atoms with E-state index in [4.69, 9.17) is 26.7 Å². The Hall–Kier alpha value is -2.11. The van der Waals surface area contributed by atoms with E-state index in [1.807, 2.05) is 13.0 Å². The normalized spacial score (nSPS) is 25.0. The molecular formula is C16H20ClN5O3. The molecule has 1 spiro atoms. The third kappa shape index (κ3) is 3.22. The van der Waals surface area contributed by atoms with Crippen molar-refractivity contribution in [3.8, 4) is 6.07 Å². The van der Waals surface area contributed by atoms with Gasteiger partial charge in [0.25, 0.3) is 0 Å². The van der Waals surface area contributed by atoms with Crippen LogP contribution in [0, 0.1) is 23.7 Å². The Bertz CT molecular complexity index is 727. The van der Waals surface area contributed by atoms with E-state index in [0.717, 1.165) is 12.8 Å². The number of nitrogens with zero attached hydrogens (tertiary/aromatic N) is 4. The van der Waals surface area contributed by atoms with Crippen LogP contribution in [0.1, 0.15) is 31.2 Å². The molecule has 0 bridgehead atoms. The van der Waals surface area contributed by atoms with Crippen molar-refractivity contribution in [1.29, 1.82) is 5.26 Å². The van der Waals surface area contributed by atoms with Crippen molar-refractivity contribution in [1.82, 2.24) is 15.3 Å². The van der Waals surface area contributed by atoms with E-state index in [0.29, 0.717) is 31.2 Å². The maximum absolute atomic E-state index is 11.1. The van der Waals surface area contributed by atoms with Gasteiger partial charge in [-0.3, -0.25) is 0 Å². The van der Waals surface area contributed by atoms with E-state index in [1.54, 1.807) is 6.92 Å². The van der Waals surface area contributed by atoms with Crippen molar-refractivity contribution in [2.24, 2.45) is 5.41 Å². The minimum Gasteiger partial charge on any atom is -0.465 e. The highest BCUT2D eigenvalue weighted by Crippen LogP contribution is 2.43. The third-order valence-electron chi connectivity index (χ3n) is 5.21. The fourth-order valence-corrected chi connectivity index (χ4v) is 4.03.